The summed E-state index contributed by atoms with van der Waals surface area (Å²) < 4.78 is 34.2. The zero-order chi connectivity index (χ0) is 22.1. The molecule has 0 radical (unpaired) electrons. The van der Waals surface area contributed by atoms with Gasteiger partial charge >= 0.3 is 6.61 Å². The summed E-state index contributed by atoms with van der Waals surface area (Å²) in [5, 5.41) is 2.70. The Balaban J connectivity index is 2.08. The Labute approximate surface area is 174 Å². The predicted octanol–water partition coefficient (Wildman–Crippen LogP) is 4.43. The molecule has 2 amide bonds. The molecule has 160 valence electrons. The number of benzene rings is 2. The van der Waals surface area contributed by atoms with Crippen molar-refractivity contribution in [3.8, 4) is 11.5 Å². The minimum atomic E-state index is -2.96. The molecule has 1 N–H and O–H groups in total. The molecule has 0 atom stereocenters. The summed E-state index contributed by atoms with van der Waals surface area (Å²) in [4.78, 5) is 26.4. The molecule has 0 aliphatic carbocycles. The lowest BCUT2D eigenvalue weighted by molar-refractivity contribution is -0.111. The lowest BCUT2D eigenvalue weighted by Crippen LogP contribution is -2.30. The maximum atomic E-state index is 12.4. The monoisotopic (exact) mass is 418 g/mol. The maximum absolute atomic E-state index is 12.4. The Hall–Kier alpha value is -3.42. The summed E-state index contributed by atoms with van der Waals surface area (Å²) in [6, 6.07) is 11.0. The predicted molar refractivity (Wildman–Crippen MR) is 111 cm³/mol. The number of nitrogens with zero attached hydrogens (tertiary/aromatic N) is 1. The van der Waals surface area contributed by atoms with Gasteiger partial charge in [0.1, 0.15) is 0 Å². The molecular weight excluding hydrogens is 394 g/mol. The first kappa shape index (κ1) is 22.9. The average Bonchev–Trinajstić information content (AvgIpc) is 2.73. The molecule has 2 rings (SSSR count). The third-order valence-electron chi connectivity index (χ3n) is 4.26. The SMILES string of the molecule is CCN(CC)C(=O)c1cccc(NC(=O)/C=C/c2ccc(OC(F)F)c(OC)c2)c1. The van der Waals surface area contributed by atoms with Crippen LogP contribution in [0.3, 0.4) is 0 Å². The Morgan fingerprint density at radius 1 is 1.10 bits per heavy atom. The van der Waals surface area contributed by atoms with Crippen molar-refractivity contribution in [1.82, 2.24) is 4.90 Å². The second-order valence-electron chi connectivity index (χ2n) is 6.17. The number of ether oxygens (including phenoxy) is 2. The van der Waals surface area contributed by atoms with Gasteiger partial charge in [-0.15, -0.1) is 0 Å². The Kier molecular flexibility index (Phi) is 8.34. The highest BCUT2D eigenvalue weighted by Crippen LogP contribution is 2.29. The van der Waals surface area contributed by atoms with Gasteiger partial charge in [0.15, 0.2) is 11.5 Å². The fourth-order valence-corrected chi connectivity index (χ4v) is 2.76. The summed E-state index contributed by atoms with van der Waals surface area (Å²) in [5.41, 5.74) is 1.54. The van der Waals surface area contributed by atoms with E-state index in [0.717, 1.165) is 0 Å². The number of carbonyl (C=O) groups is 2. The van der Waals surface area contributed by atoms with E-state index < -0.39 is 12.5 Å². The van der Waals surface area contributed by atoms with Crippen LogP contribution < -0.4 is 14.8 Å². The number of hydrogen-bond acceptors (Lipinski definition) is 4. The second kappa shape index (κ2) is 10.9. The number of halogens is 2. The molecular formula is C22H24F2N2O4. The van der Waals surface area contributed by atoms with E-state index in [1.807, 2.05) is 13.8 Å². The van der Waals surface area contributed by atoms with Crippen LogP contribution in [0.15, 0.2) is 48.5 Å². The van der Waals surface area contributed by atoms with E-state index in [4.69, 9.17) is 4.74 Å². The van der Waals surface area contributed by atoms with Crippen molar-refractivity contribution in [3.05, 3.63) is 59.7 Å². The van der Waals surface area contributed by atoms with Crippen molar-refractivity contribution in [2.45, 2.75) is 20.5 Å². The summed E-state index contributed by atoms with van der Waals surface area (Å²) in [7, 11) is 1.33. The fraction of sp³-hybridized carbons (Fsp3) is 0.273. The van der Waals surface area contributed by atoms with Gasteiger partial charge < -0.3 is 19.7 Å². The van der Waals surface area contributed by atoms with Crippen molar-refractivity contribution in [1.29, 1.82) is 0 Å². The Morgan fingerprint density at radius 2 is 1.83 bits per heavy atom. The smallest absolute Gasteiger partial charge is 0.387 e. The topological polar surface area (TPSA) is 67.9 Å². The number of anilines is 1. The van der Waals surface area contributed by atoms with Crippen LogP contribution in [-0.2, 0) is 4.79 Å². The molecule has 2 aromatic rings. The van der Waals surface area contributed by atoms with E-state index >= 15 is 0 Å². The summed E-state index contributed by atoms with van der Waals surface area (Å²) in [6.45, 7) is 2.03. The highest BCUT2D eigenvalue weighted by atomic mass is 19.3. The molecule has 30 heavy (non-hydrogen) atoms. The van der Waals surface area contributed by atoms with Crippen LogP contribution in [0.25, 0.3) is 6.08 Å². The third-order valence-corrected chi connectivity index (χ3v) is 4.26. The van der Waals surface area contributed by atoms with Crippen LogP contribution in [0.4, 0.5) is 14.5 Å². The van der Waals surface area contributed by atoms with Gasteiger partial charge in [-0.1, -0.05) is 12.1 Å². The van der Waals surface area contributed by atoms with Crippen LogP contribution in [0, 0.1) is 0 Å². The minimum Gasteiger partial charge on any atom is -0.493 e. The number of carbonyl (C=O) groups excluding carboxylic acids is 2. The van der Waals surface area contributed by atoms with Crippen LogP contribution >= 0.6 is 0 Å². The standard InChI is InChI=1S/C22H24F2N2O4/c1-4-26(5-2)21(28)16-7-6-8-17(14-16)25-20(27)12-10-15-9-11-18(30-22(23)24)19(13-15)29-3/h6-14,22H,4-5H2,1-3H3,(H,25,27)/b12-10+. The van der Waals surface area contributed by atoms with Gasteiger partial charge in [0.25, 0.3) is 5.91 Å². The second-order valence-corrected chi connectivity index (χ2v) is 6.17. The number of rotatable bonds is 9. The fourth-order valence-electron chi connectivity index (χ4n) is 2.76. The lowest BCUT2D eigenvalue weighted by atomic mass is 10.1. The largest absolute Gasteiger partial charge is 0.493 e. The van der Waals surface area contributed by atoms with Gasteiger partial charge in [0.05, 0.1) is 7.11 Å². The van der Waals surface area contributed by atoms with Crippen molar-refractivity contribution in [2.24, 2.45) is 0 Å². The van der Waals surface area contributed by atoms with E-state index in [1.165, 1.54) is 37.5 Å². The molecule has 0 saturated carbocycles. The number of nitrogens with one attached hydrogen (secondary N) is 1. The molecule has 2 aromatic carbocycles. The minimum absolute atomic E-state index is 0.0937. The molecule has 0 aromatic heterocycles. The Bertz CT molecular complexity index is 912. The molecule has 0 bridgehead atoms. The van der Waals surface area contributed by atoms with E-state index in [1.54, 1.807) is 29.2 Å². The average molecular weight is 418 g/mol. The van der Waals surface area contributed by atoms with Gasteiger partial charge in [-0.2, -0.15) is 8.78 Å². The first-order valence-corrected chi connectivity index (χ1v) is 9.39. The zero-order valence-electron chi connectivity index (χ0n) is 17.0. The quantitative estimate of drug-likeness (QED) is 0.612. The number of methoxy groups -OCH3 is 1. The van der Waals surface area contributed by atoms with Crippen molar-refractivity contribution in [3.63, 3.8) is 0 Å². The summed E-state index contributed by atoms with van der Waals surface area (Å²) in [6.07, 6.45) is 2.80. The van der Waals surface area contributed by atoms with Gasteiger partial charge in [0.2, 0.25) is 5.91 Å². The third kappa shape index (κ3) is 6.30. The molecule has 0 unspecified atom stereocenters. The molecule has 0 aliphatic heterocycles. The lowest BCUT2D eigenvalue weighted by Gasteiger charge is -2.18. The molecule has 0 heterocycles. The van der Waals surface area contributed by atoms with Crippen molar-refractivity contribution in [2.75, 3.05) is 25.5 Å². The molecule has 8 heteroatoms. The molecule has 0 spiro atoms. The number of amides is 2. The van der Waals surface area contributed by atoms with Crippen molar-refractivity contribution >= 4 is 23.6 Å². The van der Waals surface area contributed by atoms with E-state index in [9.17, 15) is 18.4 Å². The first-order valence-electron chi connectivity index (χ1n) is 9.39. The van der Waals surface area contributed by atoms with Gasteiger partial charge in [-0.25, -0.2) is 0 Å². The van der Waals surface area contributed by atoms with Crippen LogP contribution in [0.1, 0.15) is 29.8 Å². The highest BCUT2D eigenvalue weighted by Gasteiger charge is 2.13. The van der Waals surface area contributed by atoms with Gasteiger partial charge in [0, 0.05) is 30.4 Å². The normalized spacial score (nSPS) is 10.9. The molecule has 0 aliphatic rings. The van der Waals surface area contributed by atoms with Crippen LogP contribution in [0.2, 0.25) is 0 Å². The number of alkyl halides is 2. The van der Waals surface area contributed by atoms with Gasteiger partial charge in [-0.3, -0.25) is 9.59 Å². The zero-order valence-corrected chi connectivity index (χ0v) is 17.0. The van der Waals surface area contributed by atoms with Crippen molar-refractivity contribution < 1.29 is 27.8 Å². The molecule has 6 nitrogen and oxygen atoms in total. The Morgan fingerprint density at radius 3 is 2.47 bits per heavy atom. The van der Waals surface area contributed by atoms with E-state index in [0.29, 0.717) is 29.9 Å². The highest BCUT2D eigenvalue weighted by molar-refractivity contribution is 6.03. The number of hydrogen-bond donors (Lipinski definition) is 1. The van der Waals surface area contributed by atoms with E-state index in [2.05, 4.69) is 10.1 Å². The maximum Gasteiger partial charge on any atom is 0.387 e. The summed E-state index contributed by atoms with van der Waals surface area (Å²) in [5.74, 6) is -0.483. The first-order chi connectivity index (χ1) is 14.4. The van der Waals surface area contributed by atoms with Crippen LogP contribution in [0.5, 0.6) is 11.5 Å². The molecule has 0 saturated heterocycles. The molecule has 0 fully saturated rings. The van der Waals surface area contributed by atoms with Crippen LogP contribution in [-0.4, -0.2) is 43.5 Å². The summed E-state index contributed by atoms with van der Waals surface area (Å²) >= 11 is 0. The van der Waals surface area contributed by atoms with Gasteiger partial charge in [-0.05, 0) is 55.8 Å². The van der Waals surface area contributed by atoms with E-state index in [-0.39, 0.29) is 17.4 Å².